The van der Waals surface area contributed by atoms with Gasteiger partial charge in [0.1, 0.15) is 0 Å². The molecule has 1 saturated carbocycles. The monoisotopic (exact) mass is 293 g/mol. The van der Waals surface area contributed by atoms with E-state index in [1.165, 1.54) is 25.7 Å². The number of nitrogens with two attached hydrogens (primary N) is 1. The zero-order valence-corrected chi connectivity index (χ0v) is 14.2. The molecule has 0 saturated heterocycles. The first-order valence-corrected chi connectivity index (χ1v) is 8.36. The topological polar surface area (TPSA) is 64.9 Å². The normalized spacial score (nSPS) is 25.3. The first-order valence-electron chi connectivity index (χ1n) is 8.36. The van der Waals surface area contributed by atoms with Crippen molar-refractivity contribution in [3.05, 3.63) is 11.7 Å². The summed E-state index contributed by atoms with van der Waals surface area (Å²) in [6.07, 6.45) is 4.89. The lowest BCUT2D eigenvalue weighted by Gasteiger charge is -2.36. The number of hydrogen-bond donors (Lipinski definition) is 1. The summed E-state index contributed by atoms with van der Waals surface area (Å²) in [5.74, 6) is 3.51. The summed E-state index contributed by atoms with van der Waals surface area (Å²) in [7, 11) is 0. The van der Waals surface area contributed by atoms with Crippen molar-refractivity contribution in [1.82, 2.24) is 10.1 Å². The van der Waals surface area contributed by atoms with Crippen molar-refractivity contribution in [1.29, 1.82) is 0 Å². The third-order valence-corrected chi connectivity index (χ3v) is 5.15. The Morgan fingerprint density at radius 2 is 1.81 bits per heavy atom. The molecule has 21 heavy (non-hydrogen) atoms. The van der Waals surface area contributed by atoms with Crippen LogP contribution in [0.25, 0.3) is 0 Å². The fourth-order valence-electron chi connectivity index (χ4n) is 3.44. The Morgan fingerprint density at radius 3 is 2.29 bits per heavy atom. The molecule has 0 amide bonds. The second-order valence-corrected chi connectivity index (χ2v) is 7.99. The minimum absolute atomic E-state index is 0.178. The van der Waals surface area contributed by atoms with Gasteiger partial charge >= 0.3 is 0 Å². The predicted molar refractivity (Wildman–Crippen MR) is 85.1 cm³/mol. The second-order valence-electron chi connectivity index (χ2n) is 7.99. The molecule has 0 aromatic carbocycles. The van der Waals surface area contributed by atoms with Crippen LogP contribution < -0.4 is 5.73 Å². The molecule has 4 heteroatoms. The molecule has 0 spiro atoms. The minimum Gasteiger partial charge on any atom is -0.339 e. The van der Waals surface area contributed by atoms with Crippen LogP contribution in [0.1, 0.15) is 83.9 Å². The fourth-order valence-corrected chi connectivity index (χ4v) is 3.44. The average Bonchev–Trinajstić information content (AvgIpc) is 2.88. The molecule has 1 aromatic rings. The molecular formula is C17H31N3O. The van der Waals surface area contributed by atoms with Crippen LogP contribution >= 0.6 is 0 Å². The van der Waals surface area contributed by atoms with Gasteiger partial charge in [0.25, 0.3) is 0 Å². The molecule has 4 nitrogen and oxygen atoms in total. The van der Waals surface area contributed by atoms with Gasteiger partial charge < -0.3 is 10.3 Å². The highest BCUT2D eigenvalue weighted by molar-refractivity contribution is 5.02. The zero-order chi connectivity index (χ0) is 15.6. The molecular weight excluding hydrogens is 262 g/mol. The van der Waals surface area contributed by atoms with Gasteiger partial charge in [-0.2, -0.15) is 4.98 Å². The molecule has 0 bridgehead atoms. The Hall–Kier alpha value is -0.900. The van der Waals surface area contributed by atoms with Gasteiger partial charge in [-0.05, 0) is 42.9 Å². The Labute approximate surface area is 128 Å². The maximum Gasteiger partial charge on any atom is 0.231 e. The van der Waals surface area contributed by atoms with E-state index in [-0.39, 0.29) is 5.92 Å². The third-order valence-electron chi connectivity index (χ3n) is 5.15. The van der Waals surface area contributed by atoms with Crippen molar-refractivity contribution in [2.45, 2.75) is 72.1 Å². The SMILES string of the molecule is CC(C)C(CN)c1nc(C2CCC(C(C)(C)C)CC2)no1. The first kappa shape index (κ1) is 16.5. The highest BCUT2D eigenvalue weighted by atomic mass is 16.5. The van der Waals surface area contributed by atoms with Crippen molar-refractivity contribution < 1.29 is 4.52 Å². The fraction of sp³-hybridized carbons (Fsp3) is 0.882. The molecule has 2 rings (SSSR count). The maximum atomic E-state index is 5.83. The quantitative estimate of drug-likeness (QED) is 0.908. The summed E-state index contributed by atoms with van der Waals surface area (Å²) in [4.78, 5) is 4.66. The van der Waals surface area contributed by atoms with Crippen LogP contribution in [0, 0.1) is 17.3 Å². The Morgan fingerprint density at radius 1 is 1.19 bits per heavy atom. The van der Waals surface area contributed by atoms with Crippen LogP contribution in [-0.2, 0) is 0 Å². The number of rotatable bonds is 4. The van der Waals surface area contributed by atoms with Crippen LogP contribution in [0.2, 0.25) is 0 Å². The summed E-state index contributed by atoms with van der Waals surface area (Å²) in [5.41, 5.74) is 6.24. The van der Waals surface area contributed by atoms with Gasteiger partial charge in [-0.1, -0.05) is 39.8 Å². The van der Waals surface area contributed by atoms with E-state index in [0.717, 1.165) is 17.6 Å². The molecule has 120 valence electrons. The molecule has 1 fully saturated rings. The highest BCUT2D eigenvalue weighted by Gasteiger charge is 2.32. The largest absolute Gasteiger partial charge is 0.339 e. The molecule has 1 heterocycles. The van der Waals surface area contributed by atoms with Gasteiger partial charge in [-0.15, -0.1) is 0 Å². The number of nitrogens with zero attached hydrogens (tertiary/aromatic N) is 2. The smallest absolute Gasteiger partial charge is 0.231 e. The summed E-state index contributed by atoms with van der Waals surface area (Å²) >= 11 is 0. The molecule has 1 aliphatic carbocycles. The van der Waals surface area contributed by atoms with E-state index in [1.54, 1.807) is 0 Å². The lowest BCUT2D eigenvalue weighted by Crippen LogP contribution is -2.25. The molecule has 0 radical (unpaired) electrons. The van der Waals surface area contributed by atoms with Crippen LogP contribution in [-0.4, -0.2) is 16.7 Å². The van der Waals surface area contributed by atoms with E-state index in [1.807, 2.05) is 0 Å². The average molecular weight is 293 g/mol. The summed E-state index contributed by atoms with van der Waals surface area (Å²) < 4.78 is 5.49. The molecule has 1 aliphatic rings. The predicted octanol–water partition coefficient (Wildman–Crippen LogP) is 4.09. The summed E-state index contributed by atoms with van der Waals surface area (Å²) in [6.45, 7) is 11.9. The first-order chi connectivity index (χ1) is 9.82. The Bertz CT molecular complexity index is 439. The second kappa shape index (κ2) is 6.47. The lowest BCUT2D eigenvalue weighted by molar-refractivity contribution is 0.166. The number of aromatic nitrogens is 2. The Kier molecular flexibility index (Phi) is 5.07. The van der Waals surface area contributed by atoms with Crippen molar-refractivity contribution >= 4 is 0 Å². The molecule has 1 unspecified atom stereocenters. The van der Waals surface area contributed by atoms with Crippen molar-refractivity contribution in [3.63, 3.8) is 0 Å². The standard InChI is InChI=1S/C17H31N3O/c1-11(2)14(10-18)16-19-15(20-21-16)12-6-8-13(9-7-12)17(3,4)5/h11-14H,6-10,18H2,1-5H3. The highest BCUT2D eigenvalue weighted by Crippen LogP contribution is 2.42. The van der Waals surface area contributed by atoms with E-state index < -0.39 is 0 Å². The van der Waals surface area contributed by atoms with Crippen LogP contribution in [0.5, 0.6) is 0 Å². The van der Waals surface area contributed by atoms with E-state index in [2.05, 4.69) is 44.8 Å². The van der Waals surface area contributed by atoms with Gasteiger partial charge in [0.2, 0.25) is 5.89 Å². The van der Waals surface area contributed by atoms with E-state index in [9.17, 15) is 0 Å². The molecule has 1 atom stereocenters. The third kappa shape index (κ3) is 3.85. The number of hydrogen-bond acceptors (Lipinski definition) is 4. The molecule has 2 N–H and O–H groups in total. The van der Waals surface area contributed by atoms with Gasteiger partial charge in [-0.25, -0.2) is 0 Å². The Balaban J connectivity index is 2.00. The van der Waals surface area contributed by atoms with E-state index in [4.69, 9.17) is 10.3 Å². The van der Waals surface area contributed by atoms with E-state index >= 15 is 0 Å². The van der Waals surface area contributed by atoms with Gasteiger partial charge in [0.05, 0.1) is 5.92 Å². The summed E-state index contributed by atoms with van der Waals surface area (Å²) in [5, 5.41) is 4.24. The van der Waals surface area contributed by atoms with Crippen molar-refractivity contribution in [2.75, 3.05) is 6.54 Å². The van der Waals surface area contributed by atoms with Gasteiger partial charge in [-0.3, -0.25) is 0 Å². The van der Waals surface area contributed by atoms with Crippen LogP contribution in [0.3, 0.4) is 0 Å². The van der Waals surface area contributed by atoms with Crippen molar-refractivity contribution in [3.8, 4) is 0 Å². The van der Waals surface area contributed by atoms with Crippen LogP contribution in [0.4, 0.5) is 0 Å². The molecule has 0 aliphatic heterocycles. The van der Waals surface area contributed by atoms with Crippen molar-refractivity contribution in [2.24, 2.45) is 23.0 Å². The maximum absolute atomic E-state index is 5.83. The van der Waals surface area contributed by atoms with Crippen LogP contribution in [0.15, 0.2) is 4.52 Å². The van der Waals surface area contributed by atoms with E-state index in [0.29, 0.717) is 23.8 Å². The molecule has 1 aromatic heterocycles. The lowest BCUT2D eigenvalue weighted by atomic mass is 9.70. The minimum atomic E-state index is 0.178. The summed E-state index contributed by atoms with van der Waals surface area (Å²) in [6, 6.07) is 0. The van der Waals surface area contributed by atoms with Gasteiger partial charge in [0, 0.05) is 12.5 Å². The zero-order valence-electron chi connectivity index (χ0n) is 14.2. The van der Waals surface area contributed by atoms with Gasteiger partial charge in [0.15, 0.2) is 5.82 Å².